The zero-order valence-electron chi connectivity index (χ0n) is 17.8. The van der Waals surface area contributed by atoms with Crippen LogP contribution >= 0.6 is 12.6 Å². The molecule has 0 bridgehead atoms. The minimum absolute atomic E-state index is 0.190. The molecule has 1 unspecified atom stereocenters. The van der Waals surface area contributed by atoms with Gasteiger partial charge in [-0.2, -0.15) is 12.6 Å². The third-order valence-corrected chi connectivity index (χ3v) is 5.99. The van der Waals surface area contributed by atoms with E-state index in [1.165, 1.54) is 61.5 Å². The fourth-order valence-electron chi connectivity index (χ4n) is 4.16. The Hall–Kier alpha value is -2.56. The molecule has 3 nitrogen and oxygen atoms in total. The van der Waals surface area contributed by atoms with Gasteiger partial charge >= 0.3 is 5.97 Å². The van der Waals surface area contributed by atoms with Gasteiger partial charge in [0.25, 0.3) is 0 Å². The van der Waals surface area contributed by atoms with Gasteiger partial charge in [0.2, 0.25) is 0 Å². The first kappa shape index (κ1) is 22.1. The van der Waals surface area contributed by atoms with Gasteiger partial charge in [-0.1, -0.05) is 68.5 Å². The van der Waals surface area contributed by atoms with Crippen LogP contribution in [0.15, 0.2) is 48.5 Å². The molecule has 0 aliphatic heterocycles. The molecule has 0 spiro atoms. The number of aliphatic carboxylic acids is 1. The minimum Gasteiger partial charge on any atom is -0.480 e. The molecule has 30 heavy (non-hydrogen) atoms. The van der Waals surface area contributed by atoms with Crippen LogP contribution < -0.4 is 11.0 Å². The number of aryl methyl sites for hydroxylation is 2. The van der Waals surface area contributed by atoms with Crippen LogP contribution in [0.4, 0.5) is 0 Å². The van der Waals surface area contributed by atoms with Crippen LogP contribution in [0.1, 0.15) is 31.4 Å². The molecular formula is C26H29NO2S. The highest BCUT2D eigenvalue weighted by Gasteiger charge is 2.15. The Morgan fingerprint density at radius 2 is 1.67 bits per heavy atom. The molecule has 0 heterocycles. The van der Waals surface area contributed by atoms with Gasteiger partial charge in [0, 0.05) is 5.75 Å². The molecule has 0 saturated carbocycles. The second-order valence-electron chi connectivity index (χ2n) is 7.27. The van der Waals surface area contributed by atoms with E-state index < -0.39 is 12.0 Å². The van der Waals surface area contributed by atoms with E-state index in [-0.39, 0.29) is 5.75 Å². The summed E-state index contributed by atoms with van der Waals surface area (Å²) in [4.78, 5) is 9.76. The number of benzene rings is 4. The fourth-order valence-corrected chi connectivity index (χ4v) is 4.32. The molecule has 4 aromatic carbocycles. The average Bonchev–Trinajstić information content (AvgIpc) is 2.80. The first-order chi connectivity index (χ1) is 14.5. The Balaban J connectivity index is 0.000000246. The lowest BCUT2D eigenvalue weighted by atomic mass is 9.86. The lowest BCUT2D eigenvalue weighted by molar-refractivity contribution is -0.137. The number of nitrogens with two attached hydrogens (primary N) is 1. The monoisotopic (exact) mass is 419 g/mol. The number of rotatable bonds is 2. The quantitative estimate of drug-likeness (QED) is 0.236. The van der Waals surface area contributed by atoms with Crippen LogP contribution in [0.25, 0.3) is 38.4 Å². The first-order valence-electron chi connectivity index (χ1n) is 10.5. The van der Waals surface area contributed by atoms with Crippen molar-refractivity contribution in [3.05, 3.63) is 64.9 Å². The normalized spacial score (nSPS) is 13.1. The topological polar surface area (TPSA) is 63.3 Å². The molecular weight excluding hydrogens is 390 g/mol. The first-order valence-corrected chi connectivity index (χ1v) is 11.1. The van der Waals surface area contributed by atoms with Crippen molar-refractivity contribution >= 4 is 57.0 Å². The van der Waals surface area contributed by atoms with E-state index in [0.29, 0.717) is 0 Å². The summed E-state index contributed by atoms with van der Waals surface area (Å²) in [5.41, 5.74) is 7.86. The Bertz CT molecular complexity index is 1260. The molecule has 0 amide bonds. The van der Waals surface area contributed by atoms with Crippen LogP contribution in [0.2, 0.25) is 0 Å². The number of fused-ring (bicyclic) bond motifs is 2. The maximum atomic E-state index is 9.76. The summed E-state index contributed by atoms with van der Waals surface area (Å²) in [5.74, 6) is -0.815. The molecule has 0 radical (unpaired) electrons. The van der Waals surface area contributed by atoms with E-state index in [4.69, 9.17) is 10.8 Å². The van der Waals surface area contributed by atoms with Gasteiger partial charge in [-0.25, -0.2) is 0 Å². The van der Waals surface area contributed by atoms with Gasteiger partial charge in [-0.3, -0.25) is 4.79 Å². The van der Waals surface area contributed by atoms with Gasteiger partial charge in [0.1, 0.15) is 6.04 Å². The van der Waals surface area contributed by atoms with Crippen molar-refractivity contribution < 1.29 is 9.90 Å². The molecule has 1 aliphatic carbocycles. The van der Waals surface area contributed by atoms with Gasteiger partial charge in [-0.05, 0) is 68.4 Å². The molecule has 0 fully saturated rings. The Morgan fingerprint density at radius 1 is 1.00 bits per heavy atom. The summed E-state index contributed by atoms with van der Waals surface area (Å²) in [6, 6.07) is 17.3. The number of hydrogen-bond acceptors (Lipinski definition) is 3. The third-order valence-electron chi connectivity index (χ3n) is 5.60. The second kappa shape index (κ2) is 9.50. The fraction of sp³-hybridized carbons (Fsp3) is 0.269. The largest absolute Gasteiger partial charge is 0.480 e. The van der Waals surface area contributed by atoms with Gasteiger partial charge < -0.3 is 10.8 Å². The summed E-state index contributed by atoms with van der Waals surface area (Å²) in [5, 5.41) is 18.0. The summed E-state index contributed by atoms with van der Waals surface area (Å²) >= 11 is 3.65. The predicted octanol–water partition coefficient (Wildman–Crippen LogP) is 5.25. The van der Waals surface area contributed by atoms with Gasteiger partial charge in [0.05, 0.1) is 0 Å². The summed E-state index contributed by atoms with van der Waals surface area (Å²) < 4.78 is 0. The maximum absolute atomic E-state index is 9.76. The third kappa shape index (κ3) is 3.90. The van der Waals surface area contributed by atoms with E-state index in [0.717, 1.165) is 0 Å². The van der Waals surface area contributed by atoms with E-state index in [9.17, 15) is 4.79 Å². The number of carboxylic acid groups (broad SMARTS) is 1. The van der Waals surface area contributed by atoms with Crippen molar-refractivity contribution in [2.75, 3.05) is 5.75 Å². The highest BCUT2D eigenvalue weighted by Crippen LogP contribution is 2.37. The number of carbonyl (C=O) groups is 1. The second-order valence-corrected chi connectivity index (χ2v) is 7.63. The Kier molecular flexibility index (Phi) is 7.01. The minimum atomic E-state index is -1.00. The van der Waals surface area contributed by atoms with Crippen molar-refractivity contribution in [2.24, 2.45) is 5.73 Å². The van der Waals surface area contributed by atoms with Crippen molar-refractivity contribution in [3.63, 3.8) is 0 Å². The number of hydrogen-bond donors (Lipinski definition) is 3. The van der Waals surface area contributed by atoms with Crippen LogP contribution in [0.3, 0.4) is 0 Å². The molecule has 0 saturated heterocycles. The SMILES string of the molecule is CC.Cc1c2ccccc2c2ccc3c4c(ccc1c42)CCC=3.NC(CS)C(=O)O. The molecule has 4 aromatic rings. The van der Waals surface area contributed by atoms with Gasteiger partial charge in [0.15, 0.2) is 0 Å². The van der Waals surface area contributed by atoms with Crippen molar-refractivity contribution in [2.45, 2.75) is 39.7 Å². The van der Waals surface area contributed by atoms with Crippen molar-refractivity contribution in [3.8, 4) is 0 Å². The molecule has 156 valence electrons. The summed E-state index contributed by atoms with van der Waals surface area (Å²) in [6.45, 7) is 6.26. The van der Waals surface area contributed by atoms with Crippen molar-refractivity contribution in [1.29, 1.82) is 0 Å². The van der Waals surface area contributed by atoms with E-state index in [1.54, 1.807) is 0 Å². The highest BCUT2D eigenvalue weighted by molar-refractivity contribution is 7.80. The Labute approximate surface area is 183 Å². The van der Waals surface area contributed by atoms with Crippen LogP contribution in [0, 0.1) is 6.92 Å². The molecule has 3 N–H and O–H groups in total. The van der Waals surface area contributed by atoms with Gasteiger partial charge in [-0.15, -0.1) is 0 Å². The molecule has 4 heteroatoms. The molecule has 5 rings (SSSR count). The van der Waals surface area contributed by atoms with Crippen LogP contribution in [0.5, 0.6) is 0 Å². The summed E-state index contributed by atoms with van der Waals surface area (Å²) in [7, 11) is 0. The van der Waals surface area contributed by atoms with E-state index >= 15 is 0 Å². The highest BCUT2D eigenvalue weighted by atomic mass is 32.1. The lowest BCUT2D eigenvalue weighted by Crippen LogP contribution is -2.31. The number of carboxylic acids is 1. The Morgan fingerprint density at radius 3 is 2.30 bits per heavy atom. The smallest absolute Gasteiger partial charge is 0.321 e. The van der Waals surface area contributed by atoms with E-state index in [1.807, 2.05) is 13.8 Å². The van der Waals surface area contributed by atoms with Crippen molar-refractivity contribution in [1.82, 2.24) is 0 Å². The average molecular weight is 420 g/mol. The molecule has 1 atom stereocenters. The zero-order valence-corrected chi connectivity index (χ0v) is 18.7. The number of thiol groups is 1. The predicted molar refractivity (Wildman–Crippen MR) is 133 cm³/mol. The molecule has 1 aliphatic rings. The standard InChI is InChI=1S/C21H16.C3H7NO2S.C2H6/c1-13-16-7-2-3-8-18(16)19-12-10-15-6-4-5-14-9-11-17(13)21(19)20(14)15;4-2(1-7)3(5)6;1-2/h2-3,6-12H,4-5H2,1H3;2,7H,1,4H2,(H,5,6);1-2H3. The summed E-state index contributed by atoms with van der Waals surface area (Å²) in [6.07, 6.45) is 4.74. The van der Waals surface area contributed by atoms with Crippen LogP contribution in [-0.2, 0) is 11.2 Å². The lowest BCUT2D eigenvalue weighted by Gasteiger charge is -2.18. The maximum Gasteiger partial charge on any atom is 0.321 e. The van der Waals surface area contributed by atoms with Crippen LogP contribution in [-0.4, -0.2) is 22.9 Å². The zero-order chi connectivity index (χ0) is 21.8. The molecule has 0 aromatic heterocycles. The van der Waals surface area contributed by atoms with E-state index in [2.05, 4.69) is 74.2 Å².